The van der Waals surface area contributed by atoms with Gasteiger partial charge in [-0.3, -0.25) is 14.9 Å². The number of hydrogen-bond donors (Lipinski definition) is 2. The monoisotopic (exact) mass is 360 g/mol. The third-order valence-electron chi connectivity index (χ3n) is 2.51. The Kier molecular flexibility index (Phi) is 6.10. The minimum absolute atomic E-state index is 0.0581. The van der Waals surface area contributed by atoms with Gasteiger partial charge in [0.2, 0.25) is 5.75 Å². The molecule has 0 heterocycles. The van der Waals surface area contributed by atoms with Crippen LogP contribution in [0, 0.1) is 10.1 Å². The van der Waals surface area contributed by atoms with E-state index in [1.165, 1.54) is 19.1 Å². The quantitative estimate of drug-likeness (QED) is 0.598. The summed E-state index contributed by atoms with van der Waals surface area (Å²) in [5, 5.41) is 23.4. The van der Waals surface area contributed by atoms with E-state index < -0.39 is 16.9 Å². The number of amides is 1. The summed E-state index contributed by atoms with van der Waals surface area (Å²) in [5.41, 5.74) is -0.0638. The summed E-state index contributed by atoms with van der Waals surface area (Å²) in [5.74, 6) is -0.490. The molecule has 0 aromatic heterocycles. The third-order valence-corrected chi connectivity index (χ3v) is 2.96. The van der Waals surface area contributed by atoms with Gasteiger partial charge in [-0.2, -0.15) is 0 Å². The lowest BCUT2D eigenvalue weighted by Gasteiger charge is -2.15. The molecule has 8 heteroatoms. The molecule has 0 aliphatic rings. The zero-order valence-corrected chi connectivity index (χ0v) is 13.5. The number of nitrogens with zero attached hydrogens (tertiary/aromatic N) is 1. The Bertz CT molecular complexity index is 546. The predicted molar refractivity (Wildman–Crippen MR) is 80.2 cm³/mol. The number of nitro benzene ring substituents is 1. The van der Waals surface area contributed by atoms with Gasteiger partial charge in [0.25, 0.3) is 5.91 Å². The standard InChI is InChI=1S/C13H17BrN2O5/c1-7(2)15-12(18)6-21-13-10(8(3)17)4-9(14)5-11(13)16(19)20/h4-5,7-8,17H,6H2,1-3H3,(H,15,18)/t8-/m1/s1. The number of carbonyl (C=O) groups is 1. The molecule has 1 amide bonds. The average Bonchev–Trinajstić information content (AvgIpc) is 2.35. The van der Waals surface area contributed by atoms with Gasteiger partial charge in [0.15, 0.2) is 6.61 Å². The zero-order chi connectivity index (χ0) is 16.2. The lowest BCUT2D eigenvalue weighted by molar-refractivity contribution is -0.386. The smallest absolute Gasteiger partial charge is 0.312 e. The first-order chi connectivity index (χ1) is 9.72. The largest absolute Gasteiger partial charge is 0.476 e. The number of nitrogens with one attached hydrogen (secondary N) is 1. The first-order valence-electron chi connectivity index (χ1n) is 6.30. The number of aliphatic hydroxyl groups excluding tert-OH is 1. The number of hydrogen-bond acceptors (Lipinski definition) is 5. The van der Waals surface area contributed by atoms with Gasteiger partial charge in [0.05, 0.1) is 11.0 Å². The highest BCUT2D eigenvalue weighted by atomic mass is 79.9. The summed E-state index contributed by atoms with van der Waals surface area (Å²) in [6, 6.07) is 2.73. The minimum atomic E-state index is -0.968. The molecule has 7 nitrogen and oxygen atoms in total. The normalized spacial score (nSPS) is 12.1. The van der Waals surface area contributed by atoms with Crippen molar-refractivity contribution >= 4 is 27.5 Å². The van der Waals surface area contributed by atoms with Crippen LogP contribution >= 0.6 is 15.9 Å². The number of ether oxygens (including phenoxy) is 1. The molecular formula is C13H17BrN2O5. The molecule has 0 radical (unpaired) electrons. The van der Waals surface area contributed by atoms with Crippen LogP contribution in [0.25, 0.3) is 0 Å². The molecule has 0 aliphatic carbocycles. The number of aliphatic hydroxyl groups is 1. The van der Waals surface area contributed by atoms with Crippen LogP contribution in [0.1, 0.15) is 32.4 Å². The number of rotatable bonds is 6. The van der Waals surface area contributed by atoms with E-state index >= 15 is 0 Å². The van der Waals surface area contributed by atoms with Crippen LogP contribution in [0.4, 0.5) is 5.69 Å². The lowest BCUT2D eigenvalue weighted by Crippen LogP contribution is -2.34. The molecule has 0 aliphatic heterocycles. The van der Waals surface area contributed by atoms with E-state index in [9.17, 15) is 20.0 Å². The van der Waals surface area contributed by atoms with Crippen molar-refractivity contribution in [3.05, 3.63) is 32.3 Å². The van der Waals surface area contributed by atoms with E-state index in [1.807, 2.05) is 0 Å². The molecule has 116 valence electrons. The van der Waals surface area contributed by atoms with Crippen molar-refractivity contribution in [1.29, 1.82) is 0 Å². The second-order valence-corrected chi connectivity index (χ2v) is 5.70. The number of halogens is 1. The Morgan fingerprint density at radius 2 is 2.10 bits per heavy atom. The molecular weight excluding hydrogens is 344 g/mol. The second-order valence-electron chi connectivity index (χ2n) is 4.79. The molecule has 0 unspecified atom stereocenters. The lowest BCUT2D eigenvalue weighted by atomic mass is 10.1. The highest BCUT2D eigenvalue weighted by Crippen LogP contribution is 2.37. The predicted octanol–water partition coefficient (Wildman–Crippen LogP) is 2.31. The van der Waals surface area contributed by atoms with Gasteiger partial charge < -0.3 is 15.2 Å². The Morgan fingerprint density at radius 3 is 2.57 bits per heavy atom. The van der Waals surface area contributed by atoms with Gasteiger partial charge >= 0.3 is 5.69 Å². The van der Waals surface area contributed by atoms with Crippen molar-refractivity contribution < 1.29 is 19.6 Å². The zero-order valence-electron chi connectivity index (χ0n) is 11.9. The van der Waals surface area contributed by atoms with Gasteiger partial charge in [-0.1, -0.05) is 15.9 Å². The molecule has 1 aromatic carbocycles. The van der Waals surface area contributed by atoms with Crippen LogP contribution in [-0.4, -0.2) is 28.6 Å². The van der Waals surface area contributed by atoms with E-state index in [0.29, 0.717) is 4.47 Å². The van der Waals surface area contributed by atoms with E-state index in [4.69, 9.17) is 4.74 Å². The molecule has 0 spiro atoms. The van der Waals surface area contributed by atoms with Crippen molar-refractivity contribution in [1.82, 2.24) is 5.32 Å². The van der Waals surface area contributed by atoms with Gasteiger partial charge in [-0.25, -0.2) is 0 Å². The molecule has 0 saturated heterocycles. The SMILES string of the molecule is CC(C)NC(=O)COc1c([C@@H](C)O)cc(Br)cc1[N+](=O)[O-]. The fraction of sp³-hybridized carbons (Fsp3) is 0.462. The average molecular weight is 361 g/mol. The number of nitro groups is 1. The van der Waals surface area contributed by atoms with Crippen molar-refractivity contribution in [2.45, 2.75) is 32.9 Å². The fourth-order valence-corrected chi connectivity index (χ4v) is 2.17. The van der Waals surface area contributed by atoms with E-state index in [0.717, 1.165) is 0 Å². The second kappa shape index (κ2) is 7.37. The number of carbonyl (C=O) groups excluding carboxylic acids is 1. The number of benzene rings is 1. The summed E-state index contributed by atoms with van der Waals surface area (Å²) < 4.78 is 5.72. The minimum Gasteiger partial charge on any atom is -0.476 e. The van der Waals surface area contributed by atoms with Crippen molar-refractivity contribution in [2.24, 2.45) is 0 Å². The molecule has 21 heavy (non-hydrogen) atoms. The third kappa shape index (κ3) is 4.98. The van der Waals surface area contributed by atoms with Gasteiger partial charge in [-0.15, -0.1) is 0 Å². The molecule has 1 rings (SSSR count). The maximum Gasteiger partial charge on any atom is 0.312 e. The molecule has 0 saturated carbocycles. The molecule has 2 N–H and O–H groups in total. The van der Waals surface area contributed by atoms with E-state index in [1.54, 1.807) is 13.8 Å². The summed E-state index contributed by atoms with van der Waals surface area (Å²) in [6.45, 7) is 4.69. The summed E-state index contributed by atoms with van der Waals surface area (Å²) >= 11 is 3.15. The summed E-state index contributed by atoms with van der Waals surface area (Å²) in [4.78, 5) is 22.1. The topological polar surface area (TPSA) is 102 Å². The van der Waals surface area contributed by atoms with Gasteiger partial charge in [-0.05, 0) is 26.8 Å². The maximum atomic E-state index is 11.6. The molecule has 1 atom stereocenters. The Labute approximate surface area is 130 Å². The van der Waals surface area contributed by atoms with Gasteiger partial charge in [0, 0.05) is 22.1 Å². The van der Waals surface area contributed by atoms with Crippen LogP contribution < -0.4 is 10.1 Å². The summed E-state index contributed by atoms with van der Waals surface area (Å²) in [6.07, 6.45) is -0.968. The molecule has 0 bridgehead atoms. The highest BCUT2D eigenvalue weighted by Gasteiger charge is 2.24. The van der Waals surface area contributed by atoms with E-state index in [-0.39, 0.29) is 29.6 Å². The summed E-state index contributed by atoms with van der Waals surface area (Å²) in [7, 11) is 0. The van der Waals surface area contributed by atoms with Crippen LogP contribution in [0.2, 0.25) is 0 Å². The first-order valence-corrected chi connectivity index (χ1v) is 7.09. The highest BCUT2D eigenvalue weighted by molar-refractivity contribution is 9.10. The first kappa shape index (κ1) is 17.4. The maximum absolute atomic E-state index is 11.6. The van der Waals surface area contributed by atoms with Crippen LogP contribution in [-0.2, 0) is 4.79 Å². The Hall–Kier alpha value is -1.67. The Balaban J connectivity index is 3.08. The van der Waals surface area contributed by atoms with Crippen molar-refractivity contribution in [2.75, 3.05) is 6.61 Å². The van der Waals surface area contributed by atoms with E-state index in [2.05, 4.69) is 21.2 Å². The molecule has 0 fully saturated rings. The van der Waals surface area contributed by atoms with Crippen molar-refractivity contribution in [3.63, 3.8) is 0 Å². The van der Waals surface area contributed by atoms with Gasteiger partial charge in [0.1, 0.15) is 0 Å². The van der Waals surface area contributed by atoms with Crippen LogP contribution in [0.15, 0.2) is 16.6 Å². The van der Waals surface area contributed by atoms with Crippen LogP contribution in [0.3, 0.4) is 0 Å². The Morgan fingerprint density at radius 1 is 1.48 bits per heavy atom. The fourth-order valence-electron chi connectivity index (χ4n) is 1.70. The van der Waals surface area contributed by atoms with Crippen molar-refractivity contribution in [3.8, 4) is 5.75 Å². The molecule has 1 aromatic rings. The van der Waals surface area contributed by atoms with Crippen LogP contribution in [0.5, 0.6) is 5.75 Å².